The van der Waals surface area contributed by atoms with Crippen LogP contribution >= 0.6 is 12.2 Å². The summed E-state index contributed by atoms with van der Waals surface area (Å²) in [6.07, 6.45) is 3.35. The molecule has 0 saturated carbocycles. The maximum absolute atomic E-state index is 5.84. The molecule has 0 amide bonds. The van der Waals surface area contributed by atoms with E-state index < -0.39 is 0 Å². The van der Waals surface area contributed by atoms with Crippen LogP contribution in [0.1, 0.15) is 58.8 Å². The Hall–Kier alpha value is -0.760. The molecule has 0 aromatic carbocycles. The first kappa shape index (κ1) is 22.5. The molecular weight excluding hydrogens is 356 g/mol. The van der Waals surface area contributed by atoms with Gasteiger partial charge in [-0.05, 0) is 45.1 Å². The van der Waals surface area contributed by atoms with Gasteiger partial charge in [0.1, 0.15) is 5.82 Å². The Bertz CT molecular complexity index is 612. The van der Waals surface area contributed by atoms with Gasteiger partial charge in [0, 0.05) is 39.3 Å². The molecule has 0 N–H and O–H groups in total. The average molecular weight is 397 g/mol. The fraction of sp³-hybridized carbons (Fsp3) is 0.900. The van der Waals surface area contributed by atoms with Gasteiger partial charge in [-0.15, -0.1) is 0 Å². The molecule has 1 aromatic heterocycles. The molecule has 0 aliphatic carbocycles. The van der Waals surface area contributed by atoms with E-state index >= 15 is 0 Å². The topological polar surface area (TPSA) is 32.5 Å². The summed E-state index contributed by atoms with van der Waals surface area (Å²) < 4.78 is 5.22. The molecule has 1 aliphatic heterocycles. The van der Waals surface area contributed by atoms with Crippen LogP contribution in [0.2, 0.25) is 0 Å². The van der Waals surface area contributed by atoms with Gasteiger partial charge in [0.15, 0.2) is 4.77 Å². The molecule has 0 radical (unpaired) electrons. The zero-order chi connectivity index (χ0) is 20.0. The molecule has 7 heteroatoms. The van der Waals surface area contributed by atoms with E-state index in [1.165, 1.54) is 13.0 Å². The third kappa shape index (κ3) is 6.11. The fourth-order valence-corrected chi connectivity index (χ4v) is 4.20. The van der Waals surface area contributed by atoms with E-state index in [0.717, 1.165) is 68.7 Å². The van der Waals surface area contributed by atoms with Gasteiger partial charge in [-0.25, -0.2) is 4.68 Å². The van der Waals surface area contributed by atoms with E-state index in [0.29, 0.717) is 6.04 Å². The van der Waals surface area contributed by atoms with Crippen LogP contribution in [0.15, 0.2) is 0 Å². The van der Waals surface area contributed by atoms with E-state index in [1.54, 1.807) is 0 Å². The summed E-state index contributed by atoms with van der Waals surface area (Å²) in [7, 11) is 4.27. The summed E-state index contributed by atoms with van der Waals surface area (Å²) in [4.78, 5) is 7.32. The predicted octanol–water partition coefficient (Wildman–Crippen LogP) is 3.46. The minimum Gasteiger partial charge on any atom is -0.303 e. The Labute approximate surface area is 171 Å². The van der Waals surface area contributed by atoms with Crippen molar-refractivity contribution in [1.82, 2.24) is 29.0 Å². The number of hydrogen-bond acceptors (Lipinski definition) is 5. The molecule has 156 valence electrons. The van der Waals surface area contributed by atoms with Crippen molar-refractivity contribution >= 4 is 12.2 Å². The van der Waals surface area contributed by atoms with Crippen molar-refractivity contribution in [2.75, 3.05) is 46.8 Å². The van der Waals surface area contributed by atoms with Crippen molar-refractivity contribution in [1.29, 1.82) is 0 Å². The molecule has 0 bridgehead atoms. The van der Waals surface area contributed by atoms with E-state index in [4.69, 9.17) is 17.3 Å². The SMILES string of the molecule is CCCCn1c(C(CC)N(C)C)nn(CN2CCN(CC(C)C)CC2)c1=S. The molecule has 6 nitrogen and oxygen atoms in total. The zero-order valence-electron chi connectivity index (χ0n) is 18.3. The van der Waals surface area contributed by atoms with Crippen LogP contribution < -0.4 is 0 Å². The Morgan fingerprint density at radius 3 is 2.22 bits per heavy atom. The van der Waals surface area contributed by atoms with Crippen molar-refractivity contribution < 1.29 is 0 Å². The first-order chi connectivity index (χ1) is 12.9. The van der Waals surface area contributed by atoms with Gasteiger partial charge in [0.05, 0.1) is 12.7 Å². The van der Waals surface area contributed by atoms with Gasteiger partial charge in [-0.3, -0.25) is 9.80 Å². The van der Waals surface area contributed by atoms with E-state index in [-0.39, 0.29) is 0 Å². The highest BCUT2D eigenvalue weighted by molar-refractivity contribution is 7.71. The number of piperazine rings is 1. The largest absolute Gasteiger partial charge is 0.303 e. The van der Waals surface area contributed by atoms with Crippen LogP contribution in [-0.4, -0.2) is 75.9 Å². The minimum absolute atomic E-state index is 0.313. The predicted molar refractivity (Wildman–Crippen MR) is 116 cm³/mol. The Balaban J connectivity index is 2.13. The lowest BCUT2D eigenvalue weighted by atomic mass is 10.2. The van der Waals surface area contributed by atoms with Crippen molar-refractivity contribution in [3.05, 3.63) is 10.6 Å². The Morgan fingerprint density at radius 1 is 1.07 bits per heavy atom. The first-order valence-electron chi connectivity index (χ1n) is 10.7. The second kappa shape index (κ2) is 10.7. The molecule has 2 rings (SSSR count). The highest BCUT2D eigenvalue weighted by Gasteiger charge is 2.23. The summed E-state index contributed by atoms with van der Waals surface area (Å²) in [5.41, 5.74) is 0. The third-order valence-electron chi connectivity index (χ3n) is 5.42. The van der Waals surface area contributed by atoms with Crippen LogP contribution in [0.5, 0.6) is 0 Å². The fourth-order valence-electron chi connectivity index (χ4n) is 3.92. The quantitative estimate of drug-likeness (QED) is 0.566. The summed E-state index contributed by atoms with van der Waals surface area (Å²) in [6, 6.07) is 0.313. The van der Waals surface area contributed by atoms with Crippen molar-refractivity contribution in [3.63, 3.8) is 0 Å². The molecule has 1 aliphatic rings. The zero-order valence-corrected chi connectivity index (χ0v) is 19.1. The van der Waals surface area contributed by atoms with Gasteiger partial charge in [0.25, 0.3) is 0 Å². The normalized spacial score (nSPS) is 17.9. The number of rotatable bonds is 10. The number of hydrogen-bond donors (Lipinski definition) is 0. The smallest absolute Gasteiger partial charge is 0.199 e. The van der Waals surface area contributed by atoms with Crippen molar-refractivity contribution in [2.45, 2.75) is 66.2 Å². The van der Waals surface area contributed by atoms with Crippen molar-refractivity contribution in [2.24, 2.45) is 5.92 Å². The summed E-state index contributed by atoms with van der Waals surface area (Å²) in [6.45, 7) is 16.5. The molecule has 2 heterocycles. The highest BCUT2D eigenvalue weighted by Crippen LogP contribution is 2.21. The Morgan fingerprint density at radius 2 is 1.70 bits per heavy atom. The highest BCUT2D eigenvalue weighted by atomic mass is 32.1. The first-order valence-corrected chi connectivity index (χ1v) is 11.1. The van der Waals surface area contributed by atoms with E-state index in [9.17, 15) is 0 Å². The molecule has 1 atom stereocenters. The standard InChI is InChI=1S/C20H40N6S/c1-7-9-10-25-19(18(8-2)22(5)6)21-26(20(25)27)16-24-13-11-23(12-14-24)15-17(3)4/h17-18H,7-16H2,1-6H3. The third-order valence-corrected chi connectivity index (χ3v) is 5.85. The van der Waals surface area contributed by atoms with Gasteiger partial charge in [-0.1, -0.05) is 34.1 Å². The van der Waals surface area contributed by atoms with Gasteiger partial charge < -0.3 is 9.47 Å². The summed E-state index contributed by atoms with van der Waals surface area (Å²) in [5.74, 6) is 1.86. The monoisotopic (exact) mass is 396 g/mol. The summed E-state index contributed by atoms with van der Waals surface area (Å²) in [5, 5.41) is 5.00. The lowest BCUT2D eigenvalue weighted by Crippen LogP contribution is -2.47. The second-order valence-corrected chi connectivity index (χ2v) is 8.85. The van der Waals surface area contributed by atoms with Crippen LogP contribution in [0, 0.1) is 10.7 Å². The van der Waals surface area contributed by atoms with Crippen molar-refractivity contribution in [3.8, 4) is 0 Å². The van der Waals surface area contributed by atoms with Crippen LogP contribution in [0.4, 0.5) is 0 Å². The number of nitrogens with zero attached hydrogens (tertiary/aromatic N) is 6. The minimum atomic E-state index is 0.313. The average Bonchev–Trinajstić information content (AvgIpc) is 2.90. The van der Waals surface area contributed by atoms with Gasteiger partial charge in [0.2, 0.25) is 0 Å². The molecular formula is C20H40N6S. The number of aromatic nitrogens is 3. The van der Waals surface area contributed by atoms with Crippen LogP contribution in [-0.2, 0) is 13.2 Å². The van der Waals surface area contributed by atoms with Gasteiger partial charge in [-0.2, -0.15) is 5.10 Å². The molecule has 1 unspecified atom stereocenters. The van der Waals surface area contributed by atoms with Crippen LogP contribution in [0.3, 0.4) is 0 Å². The molecule has 1 fully saturated rings. The van der Waals surface area contributed by atoms with Crippen LogP contribution in [0.25, 0.3) is 0 Å². The summed E-state index contributed by atoms with van der Waals surface area (Å²) >= 11 is 5.84. The maximum Gasteiger partial charge on any atom is 0.199 e. The lowest BCUT2D eigenvalue weighted by molar-refractivity contribution is 0.0946. The molecule has 1 aromatic rings. The molecule has 27 heavy (non-hydrogen) atoms. The Kier molecular flexibility index (Phi) is 8.92. The molecule has 1 saturated heterocycles. The van der Waals surface area contributed by atoms with Gasteiger partial charge >= 0.3 is 0 Å². The molecule has 0 spiro atoms. The van der Waals surface area contributed by atoms with E-state index in [2.05, 4.69) is 65.7 Å². The maximum atomic E-state index is 5.84. The van der Waals surface area contributed by atoms with E-state index in [1.807, 2.05) is 0 Å². The second-order valence-electron chi connectivity index (χ2n) is 8.49. The lowest BCUT2D eigenvalue weighted by Gasteiger charge is -2.35. The number of unbranched alkanes of at least 4 members (excludes halogenated alkanes) is 1.